The summed E-state index contributed by atoms with van der Waals surface area (Å²) in [5.74, 6) is 0. The number of rotatable bonds is 4. The van der Waals surface area contributed by atoms with E-state index in [1.54, 1.807) is 19.1 Å². The zero-order valence-electron chi connectivity index (χ0n) is 8.27. The SMILES string of the molecule is Cc1cc(CCN=C=O)ccc1[N+](=O)[O-]. The Labute approximate surface area is 86.6 Å². The lowest BCUT2D eigenvalue weighted by Gasteiger charge is -2.00. The molecule has 0 N–H and O–H groups in total. The van der Waals surface area contributed by atoms with Crippen LogP contribution in [0.5, 0.6) is 0 Å². The maximum Gasteiger partial charge on any atom is 0.272 e. The molecule has 78 valence electrons. The molecule has 0 saturated heterocycles. The molecule has 1 aromatic carbocycles. The Morgan fingerprint density at radius 2 is 2.27 bits per heavy atom. The van der Waals surface area contributed by atoms with Crippen molar-refractivity contribution in [1.82, 2.24) is 0 Å². The molecular weight excluding hydrogens is 196 g/mol. The molecule has 0 atom stereocenters. The van der Waals surface area contributed by atoms with Crippen LogP contribution in [-0.4, -0.2) is 17.5 Å². The fourth-order valence-electron chi connectivity index (χ4n) is 1.31. The van der Waals surface area contributed by atoms with Crippen LogP contribution in [0.15, 0.2) is 23.2 Å². The quantitative estimate of drug-likeness (QED) is 0.326. The first kappa shape index (κ1) is 11.1. The number of nitro benzene ring substituents is 1. The second-order valence-corrected chi connectivity index (χ2v) is 3.10. The van der Waals surface area contributed by atoms with Gasteiger partial charge in [0.1, 0.15) is 0 Å². The molecule has 0 aliphatic carbocycles. The van der Waals surface area contributed by atoms with Gasteiger partial charge in [-0.1, -0.05) is 6.07 Å². The lowest BCUT2D eigenvalue weighted by atomic mass is 10.1. The minimum absolute atomic E-state index is 0.109. The molecule has 5 heteroatoms. The van der Waals surface area contributed by atoms with Gasteiger partial charge in [0.15, 0.2) is 0 Å². The summed E-state index contributed by atoms with van der Waals surface area (Å²) < 4.78 is 0. The summed E-state index contributed by atoms with van der Waals surface area (Å²) in [6, 6.07) is 4.87. The maximum atomic E-state index is 10.5. The molecule has 0 fully saturated rings. The molecule has 0 amide bonds. The molecule has 0 aromatic heterocycles. The summed E-state index contributed by atoms with van der Waals surface area (Å²) in [5, 5.41) is 10.5. The molecule has 15 heavy (non-hydrogen) atoms. The van der Waals surface area contributed by atoms with Crippen molar-refractivity contribution in [2.45, 2.75) is 13.3 Å². The normalized spacial score (nSPS) is 9.40. The number of hydrogen-bond donors (Lipinski definition) is 0. The van der Waals surface area contributed by atoms with E-state index < -0.39 is 4.92 Å². The van der Waals surface area contributed by atoms with Crippen molar-refractivity contribution < 1.29 is 9.72 Å². The fourth-order valence-corrected chi connectivity index (χ4v) is 1.31. The summed E-state index contributed by atoms with van der Waals surface area (Å²) in [7, 11) is 0. The smallest absolute Gasteiger partial charge is 0.258 e. The molecule has 0 aliphatic heterocycles. The Morgan fingerprint density at radius 3 is 2.80 bits per heavy atom. The second-order valence-electron chi connectivity index (χ2n) is 3.10. The number of isocyanates is 1. The van der Waals surface area contributed by atoms with E-state index in [2.05, 4.69) is 4.99 Å². The van der Waals surface area contributed by atoms with Crippen LogP contribution >= 0.6 is 0 Å². The molecule has 0 spiro atoms. The molecule has 5 nitrogen and oxygen atoms in total. The highest BCUT2D eigenvalue weighted by Crippen LogP contribution is 2.18. The van der Waals surface area contributed by atoms with Crippen molar-refractivity contribution in [3.63, 3.8) is 0 Å². The van der Waals surface area contributed by atoms with E-state index in [-0.39, 0.29) is 5.69 Å². The third-order valence-electron chi connectivity index (χ3n) is 2.03. The fraction of sp³-hybridized carbons (Fsp3) is 0.300. The van der Waals surface area contributed by atoms with E-state index in [1.807, 2.05) is 0 Å². The van der Waals surface area contributed by atoms with E-state index in [0.717, 1.165) is 5.56 Å². The summed E-state index contributed by atoms with van der Waals surface area (Å²) in [5.41, 5.74) is 1.65. The van der Waals surface area contributed by atoms with Crippen LogP contribution in [0.2, 0.25) is 0 Å². The van der Waals surface area contributed by atoms with E-state index in [1.165, 1.54) is 12.1 Å². The van der Waals surface area contributed by atoms with Crippen LogP contribution in [0.4, 0.5) is 5.69 Å². The van der Waals surface area contributed by atoms with Crippen LogP contribution in [-0.2, 0) is 11.2 Å². The molecule has 0 heterocycles. The molecular formula is C10H10N2O3. The average molecular weight is 206 g/mol. The number of aryl methyl sites for hydroxylation is 1. The van der Waals surface area contributed by atoms with Crippen LogP contribution in [0.1, 0.15) is 11.1 Å². The van der Waals surface area contributed by atoms with E-state index in [9.17, 15) is 14.9 Å². The van der Waals surface area contributed by atoms with Crippen LogP contribution in [0, 0.1) is 17.0 Å². The minimum Gasteiger partial charge on any atom is -0.258 e. The number of nitrogens with zero attached hydrogens (tertiary/aromatic N) is 2. The summed E-state index contributed by atoms with van der Waals surface area (Å²) >= 11 is 0. The third-order valence-corrected chi connectivity index (χ3v) is 2.03. The summed E-state index contributed by atoms with van der Waals surface area (Å²) in [6.45, 7) is 2.05. The van der Waals surface area contributed by atoms with Crippen molar-refractivity contribution in [3.05, 3.63) is 39.4 Å². The zero-order valence-corrected chi connectivity index (χ0v) is 8.27. The van der Waals surface area contributed by atoms with Crippen molar-refractivity contribution in [2.24, 2.45) is 4.99 Å². The Bertz CT molecular complexity index is 423. The van der Waals surface area contributed by atoms with Crippen molar-refractivity contribution in [3.8, 4) is 0 Å². The van der Waals surface area contributed by atoms with Crippen LogP contribution in [0.3, 0.4) is 0 Å². The van der Waals surface area contributed by atoms with Gasteiger partial charge in [0.05, 0.1) is 11.5 Å². The standard InChI is InChI=1S/C10H10N2O3/c1-8-6-9(4-5-11-7-13)2-3-10(8)12(14)15/h2-3,6H,4-5H2,1H3. The van der Waals surface area contributed by atoms with Crippen molar-refractivity contribution in [1.29, 1.82) is 0 Å². The van der Waals surface area contributed by atoms with E-state index >= 15 is 0 Å². The highest BCUT2D eigenvalue weighted by atomic mass is 16.6. The lowest BCUT2D eigenvalue weighted by molar-refractivity contribution is -0.385. The predicted molar refractivity (Wildman–Crippen MR) is 54.5 cm³/mol. The van der Waals surface area contributed by atoms with Gasteiger partial charge < -0.3 is 0 Å². The number of nitro groups is 1. The Morgan fingerprint density at radius 1 is 1.53 bits per heavy atom. The average Bonchev–Trinajstić information content (AvgIpc) is 2.17. The number of carbonyl (C=O) groups excluding carboxylic acids is 1. The minimum atomic E-state index is -0.414. The number of aliphatic imine (C=N–C) groups is 1. The summed E-state index contributed by atoms with van der Waals surface area (Å²) in [4.78, 5) is 23.4. The Hall–Kier alpha value is -2.00. The van der Waals surface area contributed by atoms with Crippen LogP contribution < -0.4 is 0 Å². The number of benzene rings is 1. The zero-order chi connectivity index (χ0) is 11.3. The van der Waals surface area contributed by atoms with Gasteiger partial charge in [-0.2, -0.15) is 0 Å². The summed E-state index contributed by atoms with van der Waals surface area (Å²) in [6.07, 6.45) is 2.04. The topological polar surface area (TPSA) is 72.6 Å². The van der Waals surface area contributed by atoms with Gasteiger partial charge in [0, 0.05) is 11.6 Å². The molecule has 0 saturated carbocycles. The second kappa shape index (κ2) is 5.02. The van der Waals surface area contributed by atoms with Gasteiger partial charge in [-0.15, -0.1) is 0 Å². The molecule has 1 aromatic rings. The Kier molecular flexibility index (Phi) is 3.71. The number of hydrogen-bond acceptors (Lipinski definition) is 4. The highest BCUT2D eigenvalue weighted by Gasteiger charge is 2.09. The first-order valence-corrected chi connectivity index (χ1v) is 4.42. The largest absolute Gasteiger partial charge is 0.272 e. The van der Waals surface area contributed by atoms with Crippen molar-refractivity contribution in [2.75, 3.05) is 6.54 Å². The predicted octanol–water partition coefficient (Wildman–Crippen LogP) is 1.78. The van der Waals surface area contributed by atoms with Gasteiger partial charge in [-0.25, -0.2) is 9.79 Å². The molecule has 0 aliphatic rings. The molecule has 1 rings (SSSR count). The first-order valence-electron chi connectivity index (χ1n) is 4.42. The molecule has 0 bridgehead atoms. The van der Waals surface area contributed by atoms with Gasteiger partial charge in [-0.05, 0) is 25.0 Å². The third kappa shape index (κ3) is 3.00. The maximum absolute atomic E-state index is 10.5. The van der Waals surface area contributed by atoms with Gasteiger partial charge in [0.2, 0.25) is 6.08 Å². The first-order chi connectivity index (χ1) is 7.15. The molecule has 0 radical (unpaired) electrons. The molecule has 0 unspecified atom stereocenters. The van der Waals surface area contributed by atoms with Gasteiger partial charge in [-0.3, -0.25) is 10.1 Å². The van der Waals surface area contributed by atoms with Gasteiger partial charge in [0.25, 0.3) is 5.69 Å². The van der Waals surface area contributed by atoms with Gasteiger partial charge >= 0.3 is 0 Å². The van der Waals surface area contributed by atoms with Crippen LogP contribution in [0.25, 0.3) is 0 Å². The lowest BCUT2D eigenvalue weighted by Crippen LogP contribution is -1.95. The Balaban J connectivity index is 2.82. The van der Waals surface area contributed by atoms with E-state index in [4.69, 9.17) is 0 Å². The highest BCUT2D eigenvalue weighted by molar-refractivity contribution is 5.42. The van der Waals surface area contributed by atoms with E-state index in [0.29, 0.717) is 18.5 Å². The monoisotopic (exact) mass is 206 g/mol. The van der Waals surface area contributed by atoms with Crippen molar-refractivity contribution >= 4 is 11.8 Å².